The molecular formula is C22H32N4OS. The maximum atomic E-state index is 12.5. The third kappa shape index (κ3) is 5.40. The van der Waals surface area contributed by atoms with Gasteiger partial charge in [0.2, 0.25) is 5.91 Å². The van der Waals surface area contributed by atoms with E-state index in [1.807, 2.05) is 32.0 Å². The van der Waals surface area contributed by atoms with Gasteiger partial charge in [0, 0.05) is 42.7 Å². The largest absolute Gasteiger partial charge is 0.324 e. The number of carbonyl (C=O) groups is 1. The standard InChI is InChI=1S/C22H32N4OS/c1-16-7-6-8-17(2)21(16)24-19(27)13-25-9-11-26(12-10-25)14-20-23-18(15-28-20)22(3,4)5/h6-8,15H,9-14H2,1-5H3,(H,24,27). The van der Waals surface area contributed by atoms with E-state index in [-0.39, 0.29) is 11.3 Å². The van der Waals surface area contributed by atoms with Crippen molar-refractivity contribution in [2.75, 3.05) is 38.0 Å². The molecule has 5 nitrogen and oxygen atoms in total. The van der Waals surface area contributed by atoms with Gasteiger partial charge in [0.05, 0.1) is 18.8 Å². The lowest BCUT2D eigenvalue weighted by atomic mass is 9.93. The van der Waals surface area contributed by atoms with Crippen LogP contribution in [-0.4, -0.2) is 53.4 Å². The van der Waals surface area contributed by atoms with Gasteiger partial charge in [-0.3, -0.25) is 14.6 Å². The van der Waals surface area contributed by atoms with Gasteiger partial charge in [-0.2, -0.15) is 0 Å². The molecule has 1 saturated heterocycles. The summed E-state index contributed by atoms with van der Waals surface area (Å²) in [5.41, 5.74) is 4.45. The summed E-state index contributed by atoms with van der Waals surface area (Å²) in [5, 5.41) is 6.46. The first-order chi connectivity index (χ1) is 13.2. The normalized spacial score (nSPS) is 16.3. The average molecular weight is 401 g/mol. The van der Waals surface area contributed by atoms with Gasteiger partial charge in [-0.15, -0.1) is 11.3 Å². The molecule has 1 amide bonds. The fourth-order valence-electron chi connectivity index (χ4n) is 3.42. The number of para-hydroxylation sites is 1. The third-order valence-electron chi connectivity index (χ3n) is 5.26. The average Bonchev–Trinajstić information content (AvgIpc) is 3.09. The van der Waals surface area contributed by atoms with Gasteiger partial charge in [0.15, 0.2) is 0 Å². The molecule has 1 aromatic heterocycles. The monoisotopic (exact) mass is 400 g/mol. The molecule has 0 spiro atoms. The van der Waals surface area contributed by atoms with Crippen molar-refractivity contribution in [2.45, 2.75) is 46.6 Å². The number of benzene rings is 1. The van der Waals surface area contributed by atoms with E-state index in [2.05, 4.69) is 41.3 Å². The van der Waals surface area contributed by atoms with Crippen LogP contribution in [-0.2, 0) is 16.8 Å². The second-order valence-electron chi connectivity index (χ2n) is 8.74. The van der Waals surface area contributed by atoms with Crippen molar-refractivity contribution in [1.82, 2.24) is 14.8 Å². The van der Waals surface area contributed by atoms with Gasteiger partial charge >= 0.3 is 0 Å². The van der Waals surface area contributed by atoms with Crippen LogP contribution in [0.15, 0.2) is 23.6 Å². The predicted molar refractivity (Wildman–Crippen MR) is 117 cm³/mol. The van der Waals surface area contributed by atoms with Crippen LogP contribution in [0.1, 0.15) is 42.6 Å². The van der Waals surface area contributed by atoms with Crippen molar-refractivity contribution in [3.63, 3.8) is 0 Å². The maximum absolute atomic E-state index is 12.5. The summed E-state index contributed by atoms with van der Waals surface area (Å²) < 4.78 is 0. The van der Waals surface area contributed by atoms with Crippen LogP contribution >= 0.6 is 11.3 Å². The van der Waals surface area contributed by atoms with E-state index < -0.39 is 0 Å². The molecule has 2 heterocycles. The minimum atomic E-state index is 0.0700. The maximum Gasteiger partial charge on any atom is 0.238 e. The second kappa shape index (κ2) is 8.72. The lowest BCUT2D eigenvalue weighted by Crippen LogP contribution is -2.48. The van der Waals surface area contributed by atoms with Crippen LogP contribution in [0.3, 0.4) is 0 Å². The Morgan fingerprint density at radius 2 is 1.71 bits per heavy atom. The van der Waals surface area contributed by atoms with Crippen molar-refractivity contribution in [3.8, 4) is 0 Å². The lowest BCUT2D eigenvalue weighted by Gasteiger charge is -2.33. The SMILES string of the molecule is Cc1cccc(C)c1NC(=O)CN1CCN(Cc2nc(C(C)(C)C)cs2)CC1. The summed E-state index contributed by atoms with van der Waals surface area (Å²) in [6, 6.07) is 6.09. The van der Waals surface area contributed by atoms with Crippen LogP contribution in [0.4, 0.5) is 5.69 Å². The minimum absolute atomic E-state index is 0.0700. The van der Waals surface area contributed by atoms with E-state index in [9.17, 15) is 4.79 Å². The summed E-state index contributed by atoms with van der Waals surface area (Å²) in [6.07, 6.45) is 0. The first kappa shape index (κ1) is 21.0. The number of amides is 1. The molecule has 2 aromatic rings. The van der Waals surface area contributed by atoms with E-state index in [0.29, 0.717) is 6.54 Å². The zero-order chi connectivity index (χ0) is 20.3. The molecule has 0 unspecified atom stereocenters. The highest BCUT2D eigenvalue weighted by molar-refractivity contribution is 7.09. The van der Waals surface area contributed by atoms with Gasteiger partial charge in [-0.05, 0) is 25.0 Å². The molecule has 1 aliphatic heterocycles. The molecule has 1 aliphatic rings. The molecule has 28 heavy (non-hydrogen) atoms. The van der Waals surface area contributed by atoms with Crippen molar-refractivity contribution in [1.29, 1.82) is 0 Å². The Hall–Kier alpha value is -1.76. The predicted octanol–water partition coefficient (Wildman–Crippen LogP) is 3.81. The zero-order valence-electron chi connectivity index (χ0n) is 17.7. The highest BCUT2D eigenvalue weighted by Gasteiger charge is 2.22. The topological polar surface area (TPSA) is 48.5 Å². The Kier molecular flexibility index (Phi) is 6.53. The zero-order valence-corrected chi connectivity index (χ0v) is 18.5. The summed E-state index contributed by atoms with van der Waals surface area (Å²) >= 11 is 1.75. The molecule has 0 aliphatic carbocycles. The highest BCUT2D eigenvalue weighted by Crippen LogP contribution is 2.25. The smallest absolute Gasteiger partial charge is 0.238 e. The van der Waals surface area contributed by atoms with Crippen molar-refractivity contribution < 1.29 is 4.79 Å². The number of thiazole rings is 1. The highest BCUT2D eigenvalue weighted by atomic mass is 32.1. The Morgan fingerprint density at radius 3 is 2.29 bits per heavy atom. The number of anilines is 1. The Labute approximate surface area is 172 Å². The van der Waals surface area contributed by atoms with Gasteiger partial charge in [0.25, 0.3) is 0 Å². The lowest BCUT2D eigenvalue weighted by molar-refractivity contribution is -0.117. The van der Waals surface area contributed by atoms with Crippen LogP contribution in [0.5, 0.6) is 0 Å². The van der Waals surface area contributed by atoms with Crippen molar-refractivity contribution >= 4 is 22.9 Å². The summed E-state index contributed by atoms with van der Waals surface area (Å²) in [5.74, 6) is 0.0700. The molecule has 6 heteroatoms. The van der Waals surface area contributed by atoms with Crippen LogP contribution < -0.4 is 5.32 Å². The molecule has 0 atom stereocenters. The molecule has 1 N–H and O–H groups in total. The number of rotatable bonds is 5. The van der Waals surface area contributed by atoms with Gasteiger partial charge in [-0.1, -0.05) is 39.0 Å². The van der Waals surface area contributed by atoms with Crippen molar-refractivity contribution in [3.05, 3.63) is 45.4 Å². The van der Waals surface area contributed by atoms with Crippen LogP contribution in [0, 0.1) is 13.8 Å². The second-order valence-corrected chi connectivity index (χ2v) is 9.69. The fourth-order valence-corrected chi connectivity index (χ4v) is 4.48. The molecule has 1 aromatic carbocycles. The van der Waals surface area contributed by atoms with Crippen LogP contribution in [0.25, 0.3) is 0 Å². The Balaban J connectivity index is 1.46. The van der Waals surface area contributed by atoms with E-state index in [0.717, 1.165) is 49.5 Å². The summed E-state index contributed by atoms with van der Waals surface area (Å²) in [6.45, 7) is 15.8. The first-order valence-corrected chi connectivity index (χ1v) is 10.9. The van der Waals surface area contributed by atoms with E-state index >= 15 is 0 Å². The molecule has 0 saturated carbocycles. The Morgan fingerprint density at radius 1 is 1.11 bits per heavy atom. The number of aromatic nitrogens is 1. The number of hydrogen-bond acceptors (Lipinski definition) is 5. The van der Waals surface area contributed by atoms with Crippen molar-refractivity contribution in [2.24, 2.45) is 0 Å². The number of nitrogens with zero attached hydrogens (tertiary/aromatic N) is 3. The van der Waals surface area contributed by atoms with Crippen LogP contribution in [0.2, 0.25) is 0 Å². The summed E-state index contributed by atoms with van der Waals surface area (Å²) in [4.78, 5) is 22.0. The Bertz CT molecular complexity index is 796. The van der Waals surface area contributed by atoms with E-state index in [4.69, 9.17) is 4.98 Å². The number of nitrogens with one attached hydrogen (secondary N) is 1. The molecular weight excluding hydrogens is 368 g/mol. The minimum Gasteiger partial charge on any atom is -0.324 e. The fraction of sp³-hybridized carbons (Fsp3) is 0.545. The molecule has 3 rings (SSSR count). The van der Waals surface area contributed by atoms with E-state index in [1.54, 1.807) is 11.3 Å². The number of piperazine rings is 1. The molecule has 152 valence electrons. The number of hydrogen-bond donors (Lipinski definition) is 1. The van der Waals surface area contributed by atoms with E-state index in [1.165, 1.54) is 10.7 Å². The summed E-state index contributed by atoms with van der Waals surface area (Å²) in [7, 11) is 0. The number of carbonyl (C=O) groups excluding carboxylic acids is 1. The quantitative estimate of drug-likeness (QED) is 0.829. The third-order valence-corrected chi connectivity index (χ3v) is 6.09. The van der Waals surface area contributed by atoms with Gasteiger partial charge in [-0.25, -0.2) is 4.98 Å². The van der Waals surface area contributed by atoms with Gasteiger partial charge in [0.1, 0.15) is 5.01 Å². The number of aryl methyl sites for hydroxylation is 2. The van der Waals surface area contributed by atoms with Gasteiger partial charge < -0.3 is 5.32 Å². The molecule has 1 fully saturated rings. The first-order valence-electron chi connectivity index (χ1n) is 9.98. The molecule has 0 bridgehead atoms. The molecule has 0 radical (unpaired) electrons.